The van der Waals surface area contributed by atoms with Gasteiger partial charge in [-0.1, -0.05) is 29.8 Å². The Bertz CT molecular complexity index is 986. The number of nitrogens with one attached hydrogen (secondary N) is 1. The molecule has 3 heterocycles. The zero-order valence-corrected chi connectivity index (χ0v) is 18.9. The number of H-pyrrole nitrogens is 1. The van der Waals surface area contributed by atoms with Crippen LogP contribution in [0.3, 0.4) is 0 Å². The first-order chi connectivity index (χ1) is 14.9. The van der Waals surface area contributed by atoms with E-state index in [1.165, 1.54) is 27.7 Å². The van der Waals surface area contributed by atoms with E-state index >= 15 is 0 Å². The summed E-state index contributed by atoms with van der Waals surface area (Å²) in [5, 5.41) is 0. The van der Waals surface area contributed by atoms with Gasteiger partial charge in [0.15, 0.2) is 0 Å². The summed E-state index contributed by atoms with van der Waals surface area (Å²) >= 11 is 0. The number of aromatic nitrogens is 1. The zero-order valence-electron chi connectivity index (χ0n) is 18.0. The number of rotatable bonds is 6. The van der Waals surface area contributed by atoms with E-state index < -0.39 is 10.0 Å². The Morgan fingerprint density at radius 3 is 2.45 bits per heavy atom. The highest BCUT2D eigenvalue weighted by atomic mass is 32.2. The Labute approximate surface area is 184 Å². The van der Waals surface area contributed by atoms with Crippen molar-refractivity contribution < 1.29 is 17.9 Å². The number of morpholine rings is 1. The lowest BCUT2D eigenvalue weighted by Crippen LogP contribution is -2.40. The predicted octanol–water partition coefficient (Wildman–Crippen LogP) is 2.83. The van der Waals surface area contributed by atoms with E-state index in [1.54, 1.807) is 0 Å². The summed E-state index contributed by atoms with van der Waals surface area (Å²) in [5.74, 6) is 0.492. The number of sulfonamides is 1. The summed E-state index contributed by atoms with van der Waals surface area (Å²) in [4.78, 5) is 17.8. The maximum atomic E-state index is 12.9. The molecule has 0 bridgehead atoms. The van der Waals surface area contributed by atoms with Gasteiger partial charge in [-0.05, 0) is 50.2 Å². The highest BCUT2D eigenvalue weighted by Gasteiger charge is 2.29. The number of carbonyl (C=O) groups excluding carboxylic acids is 1. The number of likely N-dealkylation sites (tertiary alicyclic amines) is 1. The molecule has 0 saturated carbocycles. The highest BCUT2D eigenvalue weighted by molar-refractivity contribution is 7.89. The number of hydrogen-bond acceptors (Lipinski definition) is 4. The molecule has 0 spiro atoms. The molecular weight excluding hydrogens is 414 g/mol. The summed E-state index contributed by atoms with van der Waals surface area (Å²) in [6.07, 6.45) is 5.59. The van der Waals surface area contributed by atoms with Crippen molar-refractivity contribution >= 4 is 15.9 Å². The highest BCUT2D eigenvalue weighted by Crippen LogP contribution is 2.25. The van der Waals surface area contributed by atoms with E-state index in [-0.39, 0.29) is 10.8 Å². The van der Waals surface area contributed by atoms with Crippen LogP contribution < -0.4 is 0 Å². The molecule has 7 nitrogen and oxygen atoms in total. The quantitative estimate of drug-likeness (QED) is 0.741. The number of benzene rings is 1. The lowest BCUT2D eigenvalue weighted by atomic mass is 9.90. The molecule has 2 aromatic rings. The second-order valence-electron chi connectivity index (χ2n) is 8.53. The van der Waals surface area contributed by atoms with Crippen molar-refractivity contribution in [3.8, 4) is 0 Å². The van der Waals surface area contributed by atoms with Crippen molar-refractivity contribution in [2.24, 2.45) is 5.92 Å². The molecule has 1 N–H and O–H groups in total. The summed E-state index contributed by atoms with van der Waals surface area (Å²) in [5.41, 5.74) is 2.98. The minimum Gasteiger partial charge on any atom is -0.379 e. The Morgan fingerprint density at radius 1 is 1.10 bits per heavy atom. The molecule has 2 saturated heterocycles. The number of piperidine rings is 1. The van der Waals surface area contributed by atoms with Gasteiger partial charge in [-0.2, -0.15) is 4.31 Å². The molecule has 4 rings (SSSR count). The van der Waals surface area contributed by atoms with Crippen LogP contribution in [0, 0.1) is 12.8 Å². The van der Waals surface area contributed by atoms with Gasteiger partial charge in [0, 0.05) is 32.4 Å². The van der Waals surface area contributed by atoms with Crippen LogP contribution in [0.25, 0.3) is 0 Å². The first-order valence-corrected chi connectivity index (χ1v) is 12.5. The van der Waals surface area contributed by atoms with E-state index in [4.69, 9.17) is 4.74 Å². The monoisotopic (exact) mass is 445 g/mol. The third-order valence-electron chi connectivity index (χ3n) is 6.36. The number of ether oxygens (including phenoxy) is 1. The van der Waals surface area contributed by atoms with E-state index in [2.05, 4.69) is 36.2 Å². The van der Waals surface area contributed by atoms with Crippen molar-refractivity contribution in [2.45, 2.75) is 37.5 Å². The largest absolute Gasteiger partial charge is 0.379 e. The molecule has 2 fully saturated rings. The average molecular weight is 446 g/mol. The molecule has 0 radical (unpaired) electrons. The van der Waals surface area contributed by atoms with Gasteiger partial charge >= 0.3 is 0 Å². The molecule has 2 aliphatic heterocycles. The lowest BCUT2D eigenvalue weighted by molar-refractivity contribution is 0.0681. The number of nitrogens with zero attached hydrogens (tertiary/aromatic N) is 2. The minimum atomic E-state index is -3.60. The van der Waals surface area contributed by atoms with E-state index in [9.17, 15) is 13.2 Å². The van der Waals surface area contributed by atoms with Crippen molar-refractivity contribution in [1.29, 1.82) is 0 Å². The van der Waals surface area contributed by atoms with Crippen molar-refractivity contribution in [1.82, 2.24) is 14.2 Å². The standard InChI is InChI=1S/C23H31N3O4S/c1-18-2-4-19(5-3-18)6-7-20-8-10-25(11-9-20)23(27)22-16-21(17-24-22)31(28,29)26-12-14-30-15-13-26/h2-5,16-17,20,24H,6-15H2,1H3. The van der Waals surface area contributed by atoms with Crippen LogP contribution in [0.15, 0.2) is 41.4 Å². The summed E-state index contributed by atoms with van der Waals surface area (Å²) < 4.78 is 32.2. The summed E-state index contributed by atoms with van der Waals surface area (Å²) in [6, 6.07) is 10.2. The Balaban J connectivity index is 1.30. The number of amides is 1. The topological polar surface area (TPSA) is 82.7 Å². The van der Waals surface area contributed by atoms with Gasteiger partial charge in [-0.25, -0.2) is 8.42 Å². The number of aryl methyl sites for hydroxylation is 2. The van der Waals surface area contributed by atoms with Crippen LogP contribution >= 0.6 is 0 Å². The van der Waals surface area contributed by atoms with E-state index in [0.717, 1.165) is 25.7 Å². The maximum absolute atomic E-state index is 12.9. The molecule has 0 unspecified atom stereocenters. The Kier molecular flexibility index (Phi) is 6.79. The fraction of sp³-hybridized carbons (Fsp3) is 0.522. The molecule has 31 heavy (non-hydrogen) atoms. The molecule has 0 aliphatic carbocycles. The molecule has 1 amide bonds. The Morgan fingerprint density at radius 2 is 1.77 bits per heavy atom. The fourth-order valence-corrected chi connectivity index (χ4v) is 5.71. The maximum Gasteiger partial charge on any atom is 0.270 e. The van der Waals surface area contributed by atoms with Gasteiger partial charge in [0.25, 0.3) is 5.91 Å². The van der Waals surface area contributed by atoms with Gasteiger partial charge in [0.1, 0.15) is 10.6 Å². The van der Waals surface area contributed by atoms with Crippen LogP contribution in [-0.4, -0.2) is 67.9 Å². The summed E-state index contributed by atoms with van der Waals surface area (Å²) in [6.45, 7) is 4.99. The molecule has 2 aliphatic rings. The van der Waals surface area contributed by atoms with Crippen molar-refractivity contribution in [2.75, 3.05) is 39.4 Å². The predicted molar refractivity (Wildman–Crippen MR) is 118 cm³/mol. The fourth-order valence-electron chi connectivity index (χ4n) is 4.30. The van der Waals surface area contributed by atoms with Crippen LogP contribution in [0.5, 0.6) is 0 Å². The smallest absolute Gasteiger partial charge is 0.270 e. The van der Waals surface area contributed by atoms with E-state index in [0.29, 0.717) is 51.0 Å². The zero-order chi connectivity index (χ0) is 21.8. The van der Waals surface area contributed by atoms with Crippen LogP contribution in [-0.2, 0) is 21.2 Å². The molecule has 1 aromatic heterocycles. The molecular formula is C23H31N3O4S. The molecule has 1 aromatic carbocycles. The SMILES string of the molecule is Cc1ccc(CCC2CCN(C(=O)c3cc(S(=O)(=O)N4CCOCC4)c[nH]3)CC2)cc1. The summed E-state index contributed by atoms with van der Waals surface area (Å²) in [7, 11) is -3.60. The average Bonchev–Trinajstić information content (AvgIpc) is 3.30. The normalized spacial score (nSPS) is 18.9. The van der Waals surface area contributed by atoms with Crippen LogP contribution in [0.1, 0.15) is 40.9 Å². The third kappa shape index (κ3) is 5.19. The molecule has 8 heteroatoms. The van der Waals surface area contributed by atoms with Gasteiger partial charge < -0.3 is 14.6 Å². The number of carbonyl (C=O) groups is 1. The second-order valence-corrected chi connectivity index (χ2v) is 10.5. The molecule has 0 atom stereocenters. The first-order valence-electron chi connectivity index (χ1n) is 11.0. The van der Waals surface area contributed by atoms with Crippen molar-refractivity contribution in [3.63, 3.8) is 0 Å². The van der Waals surface area contributed by atoms with Crippen molar-refractivity contribution in [3.05, 3.63) is 53.3 Å². The minimum absolute atomic E-state index is 0.125. The van der Waals surface area contributed by atoms with Gasteiger partial charge in [0.05, 0.1) is 13.2 Å². The van der Waals surface area contributed by atoms with E-state index in [1.807, 2.05) is 4.90 Å². The van der Waals surface area contributed by atoms with Crippen LogP contribution in [0.2, 0.25) is 0 Å². The Hall–Kier alpha value is -2.16. The lowest BCUT2D eigenvalue weighted by Gasteiger charge is -2.31. The first kappa shape index (κ1) is 22.0. The van der Waals surface area contributed by atoms with Gasteiger partial charge in [0.2, 0.25) is 10.0 Å². The number of hydrogen-bond donors (Lipinski definition) is 1. The van der Waals surface area contributed by atoms with Crippen LogP contribution in [0.4, 0.5) is 0 Å². The second kappa shape index (κ2) is 9.54. The van der Waals surface area contributed by atoms with Gasteiger partial charge in [-0.15, -0.1) is 0 Å². The number of aromatic amines is 1. The van der Waals surface area contributed by atoms with Gasteiger partial charge in [-0.3, -0.25) is 4.79 Å². The molecule has 168 valence electrons. The third-order valence-corrected chi connectivity index (χ3v) is 8.23.